The molecule has 0 bridgehead atoms. The van der Waals surface area contributed by atoms with Gasteiger partial charge in [0.05, 0.1) is 0 Å². The van der Waals surface area contributed by atoms with Crippen molar-refractivity contribution < 1.29 is 4.79 Å². The van der Waals surface area contributed by atoms with Gasteiger partial charge in [0.2, 0.25) is 5.91 Å². The van der Waals surface area contributed by atoms with Crippen LogP contribution in [0.4, 0.5) is 5.69 Å². The normalized spacial score (nSPS) is 18.8. The Kier molecular flexibility index (Phi) is 3.08. The number of carbonyl (C=O) groups is 1. The Morgan fingerprint density at radius 1 is 1.11 bits per heavy atom. The highest BCUT2D eigenvalue weighted by Crippen LogP contribution is 2.31. The number of amides is 1. The zero-order chi connectivity index (χ0) is 12.5. The van der Waals surface area contributed by atoms with E-state index in [2.05, 4.69) is 17.4 Å². The minimum absolute atomic E-state index is 0.169. The quantitative estimate of drug-likeness (QED) is 0.753. The topological polar surface area (TPSA) is 32.3 Å². The highest BCUT2D eigenvalue weighted by Gasteiger charge is 2.22. The lowest BCUT2D eigenvalue weighted by atomic mass is 9.93. The molecule has 3 heteroatoms. The molecule has 1 N–H and O–H groups in total. The summed E-state index contributed by atoms with van der Waals surface area (Å²) in [7, 11) is 0. The number of aryl methyl sites for hydroxylation is 1. The Morgan fingerprint density at radius 3 is 2.56 bits per heavy atom. The third kappa shape index (κ3) is 2.03. The van der Waals surface area contributed by atoms with E-state index in [4.69, 9.17) is 0 Å². The number of rotatable bonds is 0. The maximum atomic E-state index is 11.7. The highest BCUT2D eigenvalue weighted by molar-refractivity contribution is 5.93. The zero-order valence-electron chi connectivity index (χ0n) is 11.0. The van der Waals surface area contributed by atoms with Crippen molar-refractivity contribution in [2.45, 2.75) is 32.6 Å². The van der Waals surface area contributed by atoms with Crippen LogP contribution in [0.2, 0.25) is 0 Å². The van der Waals surface area contributed by atoms with Crippen LogP contribution in [-0.4, -0.2) is 25.5 Å². The number of fused-ring (bicyclic) bond motifs is 2. The Balaban J connectivity index is 2.05. The van der Waals surface area contributed by atoms with Gasteiger partial charge < -0.3 is 10.2 Å². The molecule has 0 atom stereocenters. The van der Waals surface area contributed by atoms with Crippen LogP contribution in [0.15, 0.2) is 12.1 Å². The van der Waals surface area contributed by atoms with E-state index in [1.165, 1.54) is 16.7 Å². The maximum Gasteiger partial charge on any atom is 0.223 e. The van der Waals surface area contributed by atoms with E-state index < -0.39 is 0 Å². The number of benzene rings is 1. The first-order valence-electron chi connectivity index (χ1n) is 6.89. The third-order valence-electron chi connectivity index (χ3n) is 4.04. The SMILES string of the molecule is CC(=O)N1CCCc2cc3c(cc21)CCNCC3. The molecule has 0 saturated heterocycles. The van der Waals surface area contributed by atoms with Crippen LogP contribution >= 0.6 is 0 Å². The summed E-state index contributed by atoms with van der Waals surface area (Å²) in [4.78, 5) is 13.7. The van der Waals surface area contributed by atoms with E-state index in [9.17, 15) is 4.79 Å². The molecule has 1 aromatic rings. The van der Waals surface area contributed by atoms with Crippen molar-refractivity contribution in [3.8, 4) is 0 Å². The Hall–Kier alpha value is -1.35. The molecule has 0 aromatic heterocycles. The molecule has 2 heterocycles. The Bertz CT molecular complexity index is 482. The molecule has 0 saturated carbocycles. The highest BCUT2D eigenvalue weighted by atomic mass is 16.2. The van der Waals surface area contributed by atoms with E-state index in [-0.39, 0.29) is 5.91 Å². The smallest absolute Gasteiger partial charge is 0.223 e. The van der Waals surface area contributed by atoms with Gasteiger partial charge in [-0.15, -0.1) is 0 Å². The van der Waals surface area contributed by atoms with Crippen molar-refractivity contribution >= 4 is 11.6 Å². The first-order valence-corrected chi connectivity index (χ1v) is 6.89. The molecule has 0 unspecified atom stereocenters. The van der Waals surface area contributed by atoms with Crippen LogP contribution in [0.25, 0.3) is 0 Å². The number of anilines is 1. The second-order valence-electron chi connectivity index (χ2n) is 5.27. The van der Waals surface area contributed by atoms with Crippen molar-refractivity contribution in [2.75, 3.05) is 24.5 Å². The summed E-state index contributed by atoms with van der Waals surface area (Å²) in [5, 5.41) is 3.44. The van der Waals surface area contributed by atoms with Gasteiger partial charge in [-0.2, -0.15) is 0 Å². The first-order chi connectivity index (χ1) is 8.75. The maximum absolute atomic E-state index is 11.7. The lowest BCUT2D eigenvalue weighted by Crippen LogP contribution is -2.33. The molecule has 96 valence electrons. The number of carbonyl (C=O) groups excluding carboxylic acids is 1. The molecule has 0 fully saturated rings. The van der Waals surface area contributed by atoms with Gasteiger partial charge in [-0.3, -0.25) is 4.79 Å². The van der Waals surface area contributed by atoms with Gasteiger partial charge in [0.25, 0.3) is 0 Å². The molecule has 2 aliphatic heterocycles. The van der Waals surface area contributed by atoms with Crippen LogP contribution in [0.5, 0.6) is 0 Å². The van der Waals surface area contributed by atoms with Gasteiger partial charge in [-0.1, -0.05) is 6.07 Å². The standard InChI is InChI=1S/C15H20N2O/c1-11(18)17-8-2-3-14-9-12-4-6-16-7-5-13(12)10-15(14)17/h9-10,16H,2-8H2,1H3. The predicted molar refractivity (Wildman–Crippen MR) is 73.1 cm³/mol. The van der Waals surface area contributed by atoms with Crippen molar-refractivity contribution in [2.24, 2.45) is 0 Å². The molecule has 1 aromatic carbocycles. The van der Waals surface area contributed by atoms with E-state index in [1.54, 1.807) is 6.92 Å². The molecule has 3 rings (SSSR count). The number of hydrogen-bond donors (Lipinski definition) is 1. The summed E-state index contributed by atoms with van der Waals surface area (Å²) in [5.41, 5.74) is 5.42. The fourth-order valence-corrected chi connectivity index (χ4v) is 3.09. The van der Waals surface area contributed by atoms with Crippen LogP contribution in [-0.2, 0) is 24.1 Å². The monoisotopic (exact) mass is 244 g/mol. The van der Waals surface area contributed by atoms with E-state index in [1.807, 2.05) is 4.90 Å². The predicted octanol–water partition coefficient (Wildman–Crippen LogP) is 1.67. The van der Waals surface area contributed by atoms with Crippen LogP contribution in [0.1, 0.15) is 30.0 Å². The van der Waals surface area contributed by atoms with E-state index in [0.29, 0.717) is 0 Å². The van der Waals surface area contributed by atoms with Crippen molar-refractivity contribution in [3.05, 3.63) is 28.8 Å². The largest absolute Gasteiger partial charge is 0.316 e. The van der Waals surface area contributed by atoms with Gasteiger partial charge in [0.1, 0.15) is 0 Å². The second kappa shape index (κ2) is 4.73. The second-order valence-corrected chi connectivity index (χ2v) is 5.27. The lowest BCUT2D eigenvalue weighted by Gasteiger charge is -2.30. The molecular weight excluding hydrogens is 224 g/mol. The fourth-order valence-electron chi connectivity index (χ4n) is 3.09. The molecule has 1 amide bonds. The molecule has 0 spiro atoms. The molecule has 0 aliphatic carbocycles. The Labute approximate surface area is 108 Å². The average Bonchev–Trinajstić information content (AvgIpc) is 2.59. The van der Waals surface area contributed by atoms with Gasteiger partial charge >= 0.3 is 0 Å². The van der Waals surface area contributed by atoms with Gasteiger partial charge in [-0.05, 0) is 61.5 Å². The summed E-state index contributed by atoms with van der Waals surface area (Å²) in [5.74, 6) is 0.169. The van der Waals surface area contributed by atoms with Crippen molar-refractivity contribution in [3.63, 3.8) is 0 Å². The van der Waals surface area contributed by atoms with Crippen molar-refractivity contribution in [1.82, 2.24) is 5.32 Å². The van der Waals surface area contributed by atoms with Gasteiger partial charge in [0, 0.05) is 19.2 Å². The average molecular weight is 244 g/mol. The third-order valence-corrected chi connectivity index (χ3v) is 4.04. The van der Waals surface area contributed by atoms with Gasteiger partial charge in [-0.25, -0.2) is 0 Å². The first kappa shape index (κ1) is 11.7. The van der Waals surface area contributed by atoms with Crippen LogP contribution in [0.3, 0.4) is 0 Å². The Morgan fingerprint density at radius 2 is 1.83 bits per heavy atom. The summed E-state index contributed by atoms with van der Waals surface area (Å²) in [6, 6.07) is 4.60. The minimum atomic E-state index is 0.169. The molecule has 2 aliphatic rings. The van der Waals surface area contributed by atoms with Gasteiger partial charge in [0.15, 0.2) is 0 Å². The molecule has 3 nitrogen and oxygen atoms in total. The summed E-state index contributed by atoms with van der Waals surface area (Å²) >= 11 is 0. The summed E-state index contributed by atoms with van der Waals surface area (Å²) < 4.78 is 0. The van der Waals surface area contributed by atoms with E-state index in [0.717, 1.165) is 51.0 Å². The molecular formula is C15H20N2O. The zero-order valence-corrected chi connectivity index (χ0v) is 11.0. The number of nitrogens with zero attached hydrogens (tertiary/aromatic N) is 1. The molecule has 18 heavy (non-hydrogen) atoms. The van der Waals surface area contributed by atoms with E-state index >= 15 is 0 Å². The van der Waals surface area contributed by atoms with Crippen LogP contribution in [0, 0.1) is 0 Å². The van der Waals surface area contributed by atoms with Crippen LogP contribution < -0.4 is 10.2 Å². The summed E-state index contributed by atoms with van der Waals surface area (Å²) in [6.45, 7) is 4.66. The fraction of sp³-hybridized carbons (Fsp3) is 0.533. The number of nitrogens with one attached hydrogen (secondary N) is 1. The summed E-state index contributed by atoms with van der Waals surface area (Å²) in [6.07, 6.45) is 4.39. The molecule has 0 radical (unpaired) electrons. The number of hydrogen-bond acceptors (Lipinski definition) is 2. The minimum Gasteiger partial charge on any atom is -0.316 e. The lowest BCUT2D eigenvalue weighted by molar-refractivity contribution is -0.116. The van der Waals surface area contributed by atoms with Crippen molar-refractivity contribution in [1.29, 1.82) is 0 Å².